The summed E-state index contributed by atoms with van der Waals surface area (Å²) in [5.41, 5.74) is 2.44. The van der Waals surface area contributed by atoms with Gasteiger partial charge in [-0.2, -0.15) is 0 Å². The first-order chi connectivity index (χ1) is 10.6. The van der Waals surface area contributed by atoms with Crippen molar-refractivity contribution in [1.29, 1.82) is 0 Å². The zero-order chi connectivity index (χ0) is 15.3. The number of amides is 1. The van der Waals surface area contributed by atoms with E-state index in [-0.39, 0.29) is 16.9 Å². The van der Waals surface area contributed by atoms with Gasteiger partial charge in [0, 0.05) is 18.8 Å². The van der Waals surface area contributed by atoms with E-state index < -0.39 is 0 Å². The number of hydrogen-bond acceptors (Lipinski definition) is 2. The van der Waals surface area contributed by atoms with Crippen LogP contribution in [0.2, 0.25) is 0 Å². The number of carbonyl (C=O) groups excluding carboxylic acids is 1. The van der Waals surface area contributed by atoms with Crippen molar-refractivity contribution in [3.63, 3.8) is 0 Å². The normalized spacial score (nSPS) is 19.0. The fourth-order valence-corrected chi connectivity index (χ4v) is 3.97. The van der Waals surface area contributed by atoms with Crippen molar-refractivity contribution in [3.8, 4) is 11.3 Å². The molecule has 4 nitrogen and oxygen atoms in total. The number of aromatic amines is 1. The highest BCUT2D eigenvalue weighted by molar-refractivity contribution is 5.99. The minimum atomic E-state index is -0.309. The van der Waals surface area contributed by atoms with Gasteiger partial charge in [0.2, 0.25) is 0 Å². The van der Waals surface area contributed by atoms with Crippen molar-refractivity contribution in [1.82, 2.24) is 9.88 Å². The van der Waals surface area contributed by atoms with Crippen LogP contribution in [-0.4, -0.2) is 22.8 Å². The molecule has 1 fully saturated rings. The lowest BCUT2D eigenvalue weighted by molar-refractivity contribution is 0.0636. The molecule has 4 heteroatoms. The first kappa shape index (κ1) is 13.3. The summed E-state index contributed by atoms with van der Waals surface area (Å²) in [7, 11) is 1.82. The third-order valence-electron chi connectivity index (χ3n) is 5.17. The Balaban J connectivity index is 1.97. The molecule has 1 spiro atoms. The third-order valence-corrected chi connectivity index (χ3v) is 5.17. The Morgan fingerprint density at radius 1 is 1.09 bits per heavy atom. The van der Waals surface area contributed by atoms with Gasteiger partial charge >= 0.3 is 0 Å². The van der Waals surface area contributed by atoms with Gasteiger partial charge in [-0.15, -0.1) is 0 Å². The lowest BCUT2D eigenvalue weighted by atomic mass is 9.92. The van der Waals surface area contributed by atoms with Crippen molar-refractivity contribution in [2.24, 2.45) is 0 Å². The number of fused-ring (bicyclic) bond motifs is 2. The lowest BCUT2D eigenvalue weighted by Gasteiger charge is -2.32. The summed E-state index contributed by atoms with van der Waals surface area (Å²) >= 11 is 0. The van der Waals surface area contributed by atoms with E-state index in [1.54, 1.807) is 11.0 Å². The van der Waals surface area contributed by atoms with Gasteiger partial charge in [0.1, 0.15) is 5.56 Å². The van der Waals surface area contributed by atoms with E-state index in [1.165, 1.54) is 0 Å². The molecule has 4 rings (SSSR count). The number of nitrogens with one attached hydrogen (secondary N) is 1. The molecule has 0 atom stereocenters. The van der Waals surface area contributed by atoms with Crippen LogP contribution in [-0.2, 0) is 5.54 Å². The summed E-state index contributed by atoms with van der Waals surface area (Å²) in [5, 5.41) is 0. The van der Waals surface area contributed by atoms with Gasteiger partial charge in [0.05, 0.1) is 11.2 Å². The fraction of sp³-hybridized carbons (Fsp3) is 0.333. The molecule has 0 unspecified atom stereocenters. The van der Waals surface area contributed by atoms with Crippen LogP contribution in [0, 0.1) is 0 Å². The summed E-state index contributed by atoms with van der Waals surface area (Å²) < 4.78 is 0. The number of rotatable bonds is 1. The van der Waals surface area contributed by atoms with Gasteiger partial charge in [0.15, 0.2) is 5.43 Å². The number of benzene rings is 1. The minimum absolute atomic E-state index is 0.141. The average molecular weight is 294 g/mol. The number of pyridine rings is 1. The molecule has 2 aliphatic rings. The smallest absolute Gasteiger partial charge is 0.260 e. The Kier molecular flexibility index (Phi) is 2.76. The Labute approximate surface area is 128 Å². The van der Waals surface area contributed by atoms with Gasteiger partial charge in [-0.1, -0.05) is 43.2 Å². The molecule has 1 saturated carbocycles. The molecule has 1 N–H and O–H groups in total. The van der Waals surface area contributed by atoms with Crippen LogP contribution in [0.1, 0.15) is 41.7 Å². The second kappa shape index (κ2) is 4.57. The van der Waals surface area contributed by atoms with Crippen LogP contribution in [0.25, 0.3) is 11.3 Å². The Morgan fingerprint density at radius 2 is 1.77 bits per heavy atom. The number of aromatic nitrogens is 1. The summed E-state index contributed by atoms with van der Waals surface area (Å²) in [5.74, 6) is -0.141. The lowest BCUT2D eigenvalue weighted by Crippen LogP contribution is -2.38. The van der Waals surface area contributed by atoms with Crippen molar-refractivity contribution in [2.75, 3.05) is 7.05 Å². The largest absolute Gasteiger partial charge is 0.356 e. The van der Waals surface area contributed by atoms with E-state index in [4.69, 9.17) is 0 Å². The molecule has 1 aromatic heterocycles. The first-order valence-corrected chi connectivity index (χ1v) is 7.75. The maximum absolute atomic E-state index is 12.5. The maximum atomic E-state index is 12.5. The second-order valence-corrected chi connectivity index (χ2v) is 6.27. The molecule has 2 heterocycles. The minimum Gasteiger partial charge on any atom is -0.356 e. The van der Waals surface area contributed by atoms with Crippen molar-refractivity contribution in [2.45, 2.75) is 31.2 Å². The van der Waals surface area contributed by atoms with Crippen LogP contribution in [0.3, 0.4) is 0 Å². The van der Waals surface area contributed by atoms with Crippen LogP contribution >= 0.6 is 0 Å². The van der Waals surface area contributed by atoms with E-state index in [0.717, 1.165) is 42.6 Å². The van der Waals surface area contributed by atoms with Crippen molar-refractivity contribution >= 4 is 5.91 Å². The SMILES string of the molecule is CN1C(=O)c2c([nH]c(-c3ccccc3)cc2=O)C12CCCC2. The number of hydrogen-bond donors (Lipinski definition) is 1. The Hall–Kier alpha value is -2.36. The average Bonchev–Trinajstić information content (AvgIpc) is 3.11. The van der Waals surface area contributed by atoms with E-state index in [1.807, 2.05) is 37.4 Å². The van der Waals surface area contributed by atoms with Crippen molar-refractivity contribution < 1.29 is 4.79 Å². The van der Waals surface area contributed by atoms with Crippen LogP contribution in [0.15, 0.2) is 41.2 Å². The molecule has 22 heavy (non-hydrogen) atoms. The molecular formula is C18H18N2O2. The number of carbonyl (C=O) groups is 1. The molecule has 0 radical (unpaired) electrons. The standard InChI is InChI=1S/C18H18N2O2/c1-20-17(22)15-14(21)11-13(12-7-3-2-4-8-12)19-16(15)18(20)9-5-6-10-18/h2-4,7-8,11H,5-6,9-10H2,1H3,(H,19,21). The van der Waals surface area contributed by atoms with Crippen LogP contribution in [0.4, 0.5) is 0 Å². The first-order valence-electron chi connectivity index (χ1n) is 7.75. The Bertz CT molecular complexity index is 802. The summed E-state index contributed by atoms with van der Waals surface area (Å²) in [4.78, 5) is 30.3. The monoisotopic (exact) mass is 294 g/mol. The summed E-state index contributed by atoms with van der Waals surface area (Å²) in [6, 6.07) is 11.3. The molecule has 1 aliphatic heterocycles. The number of H-pyrrole nitrogens is 1. The van der Waals surface area contributed by atoms with Gasteiger partial charge in [-0.25, -0.2) is 0 Å². The number of nitrogens with zero attached hydrogens (tertiary/aromatic N) is 1. The van der Waals surface area contributed by atoms with Gasteiger partial charge < -0.3 is 9.88 Å². The predicted octanol–water partition coefficient (Wildman–Crippen LogP) is 2.90. The van der Waals surface area contributed by atoms with Crippen LogP contribution < -0.4 is 5.43 Å². The van der Waals surface area contributed by atoms with Gasteiger partial charge in [-0.05, 0) is 18.4 Å². The fourth-order valence-electron chi connectivity index (χ4n) is 3.97. The van der Waals surface area contributed by atoms with E-state index in [0.29, 0.717) is 5.56 Å². The zero-order valence-corrected chi connectivity index (χ0v) is 12.6. The molecule has 1 aromatic carbocycles. The highest BCUT2D eigenvalue weighted by Crippen LogP contribution is 2.47. The van der Waals surface area contributed by atoms with Gasteiger partial charge in [0.25, 0.3) is 5.91 Å². The molecule has 2 aromatic rings. The summed E-state index contributed by atoms with van der Waals surface area (Å²) in [6.45, 7) is 0. The Morgan fingerprint density at radius 3 is 2.45 bits per heavy atom. The van der Waals surface area contributed by atoms with E-state index in [2.05, 4.69) is 4.98 Å². The molecule has 1 amide bonds. The second-order valence-electron chi connectivity index (χ2n) is 6.27. The van der Waals surface area contributed by atoms with Crippen LogP contribution in [0.5, 0.6) is 0 Å². The molecular weight excluding hydrogens is 276 g/mol. The summed E-state index contributed by atoms with van der Waals surface area (Å²) in [6.07, 6.45) is 4.04. The highest BCUT2D eigenvalue weighted by Gasteiger charge is 2.51. The van der Waals surface area contributed by atoms with E-state index in [9.17, 15) is 9.59 Å². The maximum Gasteiger partial charge on any atom is 0.260 e. The van der Waals surface area contributed by atoms with Gasteiger partial charge in [-0.3, -0.25) is 9.59 Å². The molecule has 0 bridgehead atoms. The quantitative estimate of drug-likeness (QED) is 0.879. The zero-order valence-electron chi connectivity index (χ0n) is 12.6. The molecule has 1 aliphatic carbocycles. The third kappa shape index (κ3) is 1.64. The topological polar surface area (TPSA) is 53.2 Å². The molecule has 112 valence electrons. The highest BCUT2D eigenvalue weighted by atomic mass is 16.2. The van der Waals surface area contributed by atoms with Crippen molar-refractivity contribution in [3.05, 3.63) is 57.9 Å². The van der Waals surface area contributed by atoms with E-state index >= 15 is 0 Å². The molecule has 0 saturated heterocycles. The predicted molar refractivity (Wildman–Crippen MR) is 84.7 cm³/mol.